The zero-order valence-electron chi connectivity index (χ0n) is 12.8. The van der Waals surface area contributed by atoms with Crippen LogP contribution in [0.25, 0.3) is 0 Å². The van der Waals surface area contributed by atoms with Gasteiger partial charge in [0.25, 0.3) is 0 Å². The molecule has 0 saturated heterocycles. The van der Waals surface area contributed by atoms with E-state index in [9.17, 15) is 0 Å². The van der Waals surface area contributed by atoms with E-state index in [-0.39, 0.29) is 0 Å². The lowest BCUT2D eigenvalue weighted by Crippen LogP contribution is -2.19. The van der Waals surface area contributed by atoms with Crippen molar-refractivity contribution >= 4 is 63.6 Å². The lowest BCUT2D eigenvalue weighted by atomic mass is 10.2. The van der Waals surface area contributed by atoms with Gasteiger partial charge in [-0.1, -0.05) is 40.9 Å². The fraction of sp³-hybridized carbons (Fsp3) is 0.0588. The van der Waals surface area contributed by atoms with Crippen molar-refractivity contribution in [2.45, 2.75) is 6.54 Å². The lowest BCUT2D eigenvalue weighted by Gasteiger charge is -2.08. The maximum atomic E-state index is 6.03. The fourth-order valence-corrected chi connectivity index (χ4v) is 2.82. The Hall–Kier alpha value is -1.79. The van der Waals surface area contributed by atoms with Gasteiger partial charge in [0, 0.05) is 23.0 Å². The van der Waals surface area contributed by atoms with Crippen molar-refractivity contribution in [2.24, 2.45) is 0 Å². The summed E-state index contributed by atoms with van der Waals surface area (Å²) in [4.78, 5) is 0. The van der Waals surface area contributed by atoms with E-state index in [1.165, 1.54) is 0 Å². The fourth-order valence-electron chi connectivity index (χ4n) is 2.15. The molecular weight excluding hydrogens is 399 g/mol. The molecule has 3 aromatic rings. The number of anilines is 2. The highest BCUT2D eigenvalue weighted by Gasteiger charge is 2.05. The number of hydrogen-bond acceptors (Lipinski definition) is 2. The van der Waals surface area contributed by atoms with Gasteiger partial charge in [0.15, 0.2) is 10.9 Å². The molecule has 0 atom stereocenters. The van der Waals surface area contributed by atoms with Crippen molar-refractivity contribution in [3.8, 4) is 0 Å². The van der Waals surface area contributed by atoms with Crippen molar-refractivity contribution < 1.29 is 0 Å². The van der Waals surface area contributed by atoms with Gasteiger partial charge in [-0.05, 0) is 54.2 Å². The summed E-state index contributed by atoms with van der Waals surface area (Å²) in [7, 11) is 0. The molecule has 0 fully saturated rings. The van der Waals surface area contributed by atoms with Gasteiger partial charge >= 0.3 is 0 Å². The van der Waals surface area contributed by atoms with Crippen molar-refractivity contribution in [1.82, 2.24) is 9.78 Å². The van der Waals surface area contributed by atoms with Crippen LogP contribution >= 0.6 is 47.0 Å². The van der Waals surface area contributed by atoms with Crippen LogP contribution in [0, 0.1) is 0 Å². The summed E-state index contributed by atoms with van der Waals surface area (Å²) in [5.74, 6) is 0.645. The van der Waals surface area contributed by atoms with Gasteiger partial charge in [-0.2, -0.15) is 5.10 Å². The van der Waals surface area contributed by atoms with Gasteiger partial charge in [0.2, 0.25) is 0 Å². The highest BCUT2D eigenvalue weighted by molar-refractivity contribution is 7.80. The largest absolute Gasteiger partial charge is 0.332 e. The molecule has 1 heterocycles. The predicted octanol–water partition coefficient (Wildman–Crippen LogP) is 5.70. The molecule has 0 radical (unpaired) electrons. The van der Waals surface area contributed by atoms with E-state index >= 15 is 0 Å². The number of nitrogens with one attached hydrogen (secondary N) is 2. The molecule has 8 heteroatoms. The molecule has 128 valence electrons. The molecule has 1 aromatic heterocycles. The number of hydrogen-bond donors (Lipinski definition) is 2. The highest BCUT2D eigenvalue weighted by Crippen LogP contribution is 2.23. The average Bonchev–Trinajstić information content (AvgIpc) is 3.00. The number of thiocarbonyl (C=S) groups is 1. The Morgan fingerprint density at radius 3 is 2.44 bits per heavy atom. The molecule has 0 aliphatic heterocycles. The molecular formula is C17H13Cl3N4S. The van der Waals surface area contributed by atoms with Gasteiger partial charge in [-0.3, -0.25) is 4.68 Å². The molecule has 4 nitrogen and oxygen atoms in total. The third-order valence-corrected chi connectivity index (χ3v) is 4.51. The SMILES string of the molecule is S=C(Nc1ccc(Cl)cc1)Nc1ccn(Cc2ccc(Cl)c(Cl)c2)n1. The monoisotopic (exact) mass is 410 g/mol. The molecule has 0 aliphatic rings. The van der Waals surface area contributed by atoms with Gasteiger partial charge in [0.05, 0.1) is 16.6 Å². The Kier molecular flexibility index (Phi) is 5.81. The Morgan fingerprint density at radius 1 is 0.960 bits per heavy atom. The standard InChI is InChI=1S/C17H13Cl3N4S/c18-12-2-4-13(5-3-12)21-17(25)22-16-7-8-24(23-16)10-11-1-6-14(19)15(20)9-11/h1-9H,10H2,(H2,21,22,23,25). The molecule has 3 rings (SSSR count). The molecule has 2 N–H and O–H groups in total. The number of aromatic nitrogens is 2. The minimum Gasteiger partial charge on any atom is -0.332 e. The second-order valence-electron chi connectivity index (χ2n) is 5.23. The quantitative estimate of drug-likeness (QED) is 0.540. The van der Waals surface area contributed by atoms with Crippen molar-refractivity contribution in [3.05, 3.63) is 75.4 Å². The van der Waals surface area contributed by atoms with Gasteiger partial charge in [-0.15, -0.1) is 0 Å². The Balaban J connectivity index is 1.60. The normalized spacial score (nSPS) is 10.5. The molecule has 0 bridgehead atoms. The zero-order valence-corrected chi connectivity index (χ0v) is 15.9. The first kappa shape index (κ1) is 18.0. The molecule has 25 heavy (non-hydrogen) atoms. The van der Waals surface area contributed by atoms with E-state index in [0.29, 0.717) is 32.5 Å². The Labute approximate surface area is 165 Å². The van der Waals surface area contributed by atoms with Crippen LogP contribution in [0.1, 0.15) is 5.56 Å². The third-order valence-electron chi connectivity index (χ3n) is 3.31. The van der Waals surface area contributed by atoms with Crippen molar-refractivity contribution in [2.75, 3.05) is 10.6 Å². The van der Waals surface area contributed by atoms with Crippen molar-refractivity contribution in [3.63, 3.8) is 0 Å². The minimum absolute atomic E-state index is 0.446. The van der Waals surface area contributed by atoms with E-state index in [1.54, 1.807) is 22.9 Å². The van der Waals surface area contributed by atoms with Crippen LogP contribution in [-0.2, 0) is 6.54 Å². The summed E-state index contributed by atoms with van der Waals surface area (Å²) < 4.78 is 1.78. The van der Waals surface area contributed by atoms with Crippen LogP contribution in [0.4, 0.5) is 11.5 Å². The first-order valence-electron chi connectivity index (χ1n) is 7.30. The second kappa shape index (κ2) is 8.06. The Bertz CT molecular complexity index is 893. The number of halogens is 3. The van der Waals surface area contributed by atoms with E-state index in [2.05, 4.69) is 15.7 Å². The predicted molar refractivity (Wildman–Crippen MR) is 109 cm³/mol. The maximum absolute atomic E-state index is 6.03. The molecule has 0 saturated carbocycles. The number of nitrogens with zero attached hydrogens (tertiary/aromatic N) is 2. The van der Waals surface area contributed by atoms with Crippen LogP contribution < -0.4 is 10.6 Å². The molecule has 0 aliphatic carbocycles. The highest BCUT2D eigenvalue weighted by atomic mass is 35.5. The Morgan fingerprint density at radius 2 is 1.72 bits per heavy atom. The van der Waals surface area contributed by atoms with E-state index in [4.69, 9.17) is 47.0 Å². The number of benzene rings is 2. The lowest BCUT2D eigenvalue weighted by molar-refractivity contribution is 0.690. The molecule has 0 spiro atoms. The van der Waals surface area contributed by atoms with E-state index in [1.807, 2.05) is 36.5 Å². The van der Waals surface area contributed by atoms with Crippen molar-refractivity contribution in [1.29, 1.82) is 0 Å². The van der Waals surface area contributed by atoms with Crippen LogP contribution in [0.2, 0.25) is 15.1 Å². The number of rotatable bonds is 4. The summed E-state index contributed by atoms with van der Waals surface area (Å²) in [5, 5.41) is 12.7. The topological polar surface area (TPSA) is 41.9 Å². The first-order chi connectivity index (χ1) is 12.0. The third kappa shape index (κ3) is 5.09. The average molecular weight is 412 g/mol. The summed E-state index contributed by atoms with van der Waals surface area (Å²) in [5.41, 5.74) is 1.85. The zero-order chi connectivity index (χ0) is 17.8. The van der Waals surface area contributed by atoms with Gasteiger partial charge < -0.3 is 10.6 Å². The summed E-state index contributed by atoms with van der Waals surface area (Å²) >= 11 is 23.1. The van der Waals surface area contributed by atoms with Crippen LogP contribution in [0.3, 0.4) is 0 Å². The van der Waals surface area contributed by atoms with Crippen LogP contribution in [0.5, 0.6) is 0 Å². The second-order valence-corrected chi connectivity index (χ2v) is 6.89. The van der Waals surface area contributed by atoms with Crippen LogP contribution in [0.15, 0.2) is 54.7 Å². The van der Waals surface area contributed by atoms with Gasteiger partial charge in [0.1, 0.15) is 0 Å². The summed E-state index contributed by atoms with van der Waals surface area (Å²) in [6.07, 6.45) is 1.86. The maximum Gasteiger partial charge on any atom is 0.176 e. The van der Waals surface area contributed by atoms with E-state index < -0.39 is 0 Å². The van der Waals surface area contributed by atoms with E-state index in [0.717, 1.165) is 11.3 Å². The smallest absolute Gasteiger partial charge is 0.176 e. The summed E-state index contributed by atoms with van der Waals surface area (Å²) in [6, 6.07) is 14.6. The van der Waals surface area contributed by atoms with Gasteiger partial charge in [-0.25, -0.2) is 0 Å². The molecule has 2 aromatic carbocycles. The van der Waals surface area contributed by atoms with Crippen LogP contribution in [-0.4, -0.2) is 14.9 Å². The molecule has 0 unspecified atom stereocenters. The summed E-state index contributed by atoms with van der Waals surface area (Å²) in [6.45, 7) is 0.579. The molecule has 0 amide bonds. The first-order valence-corrected chi connectivity index (χ1v) is 8.85. The minimum atomic E-state index is 0.446.